The van der Waals surface area contributed by atoms with Gasteiger partial charge in [-0.25, -0.2) is 4.39 Å². The fourth-order valence-corrected chi connectivity index (χ4v) is 3.58. The maximum absolute atomic E-state index is 13.9. The van der Waals surface area contributed by atoms with Crippen LogP contribution in [0.5, 0.6) is 11.5 Å². The van der Waals surface area contributed by atoms with Crippen molar-refractivity contribution in [1.29, 1.82) is 0 Å². The summed E-state index contributed by atoms with van der Waals surface area (Å²) >= 11 is 2.21. The van der Waals surface area contributed by atoms with Crippen LogP contribution in [0.3, 0.4) is 0 Å². The molecule has 0 bridgehead atoms. The molecule has 0 fully saturated rings. The summed E-state index contributed by atoms with van der Waals surface area (Å²) in [5, 5.41) is 0. The average Bonchev–Trinajstić information content (AvgIpc) is 2.73. The van der Waals surface area contributed by atoms with E-state index in [2.05, 4.69) is 46.6 Å². The zero-order valence-corrected chi connectivity index (χ0v) is 18.6. The number of hydrogen-bond donors (Lipinski definition) is 0. The van der Waals surface area contributed by atoms with Gasteiger partial charge in [0.1, 0.15) is 12.4 Å². The number of aryl methyl sites for hydroxylation is 1. The molecule has 3 rings (SSSR count). The Morgan fingerprint density at radius 3 is 2.45 bits per heavy atom. The molecule has 3 nitrogen and oxygen atoms in total. The van der Waals surface area contributed by atoms with Crippen LogP contribution in [0.25, 0.3) is 0 Å². The van der Waals surface area contributed by atoms with Gasteiger partial charge in [-0.1, -0.05) is 37.3 Å². The van der Waals surface area contributed by atoms with Crippen LogP contribution in [0.2, 0.25) is 0 Å². The highest BCUT2D eigenvalue weighted by Gasteiger charge is 2.13. The maximum Gasteiger partial charge on any atom is 0.175 e. The number of nitrogens with zero attached hydrogens (tertiary/aromatic N) is 1. The fraction of sp³-hybridized carbons (Fsp3) is 0.208. The Hall–Kier alpha value is -2.41. The lowest BCUT2D eigenvalue weighted by Crippen LogP contribution is -2.03. The molecule has 0 spiro atoms. The molecular weight excluding hydrogens is 480 g/mol. The molecule has 0 amide bonds. The molecule has 0 saturated heterocycles. The highest BCUT2D eigenvalue weighted by molar-refractivity contribution is 14.1. The number of halogens is 2. The van der Waals surface area contributed by atoms with Crippen molar-refractivity contribution in [2.24, 2.45) is 4.99 Å². The number of hydrogen-bond acceptors (Lipinski definition) is 3. The van der Waals surface area contributed by atoms with Crippen LogP contribution >= 0.6 is 22.6 Å². The van der Waals surface area contributed by atoms with Crippen LogP contribution in [-0.2, 0) is 13.0 Å². The second-order valence-corrected chi connectivity index (χ2v) is 7.58. The minimum Gasteiger partial charge on any atom is -0.490 e. The Bertz CT molecular complexity index is 987. The van der Waals surface area contributed by atoms with Gasteiger partial charge in [0.25, 0.3) is 0 Å². The normalized spacial score (nSPS) is 11.0. The van der Waals surface area contributed by atoms with E-state index in [1.54, 1.807) is 18.2 Å². The molecule has 0 atom stereocenters. The third-order valence-electron chi connectivity index (χ3n) is 4.37. The molecule has 0 aliphatic carbocycles. The summed E-state index contributed by atoms with van der Waals surface area (Å²) in [5.41, 5.74) is 3.60. The van der Waals surface area contributed by atoms with Gasteiger partial charge >= 0.3 is 0 Å². The quantitative estimate of drug-likeness (QED) is 0.252. The first kappa shape index (κ1) is 21.3. The first-order valence-electron chi connectivity index (χ1n) is 9.56. The van der Waals surface area contributed by atoms with Crippen molar-refractivity contribution in [3.63, 3.8) is 0 Å². The molecule has 3 aromatic carbocycles. The number of rotatable bonds is 8. The molecule has 0 aromatic heterocycles. The summed E-state index contributed by atoms with van der Waals surface area (Å²) in [4.78, 5) is 4.55. The molecule has 5 heteroatoms. The molecule has 3 aromatic rings. The second-order valence-electron chi connectivity index (χ2n) is 6.42. The van der Waals surface area contributed by atoms with E-state index < -0.39 is 0 Å². The van der Waals surface area contributed by atoms with Crippen LogP contribution in [0.4, 0.5) is 10.1 Å². The summed E-state index contributed by atoms with van der Waals surface area (Å²) in [5.74, 6) is 0.956. The zero-order valence-electron chi connectivity index (χ0n) is 16.5. The third-order valence-corrected chi connectivity index (χ3v) is 5.17. The predicted molar refractivity (Wildman–Crippen MR) is 124 cm³/mol. The third kappa shape index (κ3) is 5.79. The standard InChI is InChI=1S/C24H23FINO2/c1-3-17-9-11-20(12-10-17)27-15-18-13-22(26)24(23(14-18)28-4-2)29-16-19-7-5-6-8-21(19)25/h5-15H,3-4,16H2,1-2H3. The van der Waals surface area contributed by atoms with E-state index in [9.17, 15) is 4.39 Å². The molecule has 0 aliphatic heterocycles. The van der Waals surface area contributed by atoms with E-state index in [0.717, 1.165) is 21.2 Å². The molecule has 0 N–H and O–H groups in total. The molecule has 0 saturated carbocycles. The summed E-state index contributed by atoms with van der Waals surface area (Å²) in [6, 6.07) is 18.7. The van der Waals surface area contributed by atoms with Gasteiger partial charge in [0.15, 0.2) is 11.5 Å². The molecule has 29 heavy (non-hydrogen) atoms. The van der Waals surface area contributed by atoms with Gasteiger partial charge < -0.3 is 9.47 Å². The van der Waals surface area contributed by atoms with Crippen LogP contribution in [0.1, 0.15) is 30.5 Å². The van der Waals surface area contributed by atoms with Crippen LogP contribution in [0, 0.1) is 9.39 Å². The van der Waals surface area contributed by atoms with E-state index in [-0.39, 0.29) is 12.4 Å². The molecule has 0 aliphatic rings. The Kier molecular flexibility index (Phi) is 7.63. The Morgan fingerprint density at radius 2 is 1.76 bits per heavy atom. The lowest BCUT2D eigenvalue weighted by Gasteiger charge is -2.15. The van der Waals surface area contributed by atoms with Gasteiger partial charge in [-0.05, 0) is 77.4 Å². The maximum atomic E-state index is 13.9. The first-order chi connectivity index (χ1) is 14.1. The highest BCUT2D eigenvalue weighted by Crippen LogP contribution is 2.35. The van der Waals surface area contributed by atoms with E-state index >= 15 is 0 Å². The van der Waals surface area contributed by atoms with E-state index in [4.69, 9.17) is 9.47 Å². The lowest BCUT2D eigenvalue weighted by molar-refractivity contribution is 0.264. The van der Waals surface area contributed by atoms with Gasteiger partial charge in [0.05, 0.1) is 15.9 Å². The van der Waals surface area contributed by atoms with Gasteiger partial charge in [0, 0.05) is 11.8 Å². The van der Waals surface area contributed by atoms with Crippen LogP contribution < -0.4 is 9.47 Å². The summed E-state index contributed by atoms with van der Waals surface area (Å²) in [6.07, 6.45) is 2.82. The average molecular weight is 503 g/mol. The van der Waals surface area contributed by atoms with Crippen LogP contribution in [0.15, 0.2) is 65.7 Å². The van der Waals surface area contributed by atoms with Gasteiger partial charge in [0.2, 0.25) is 0 Å². The fourth-order valence-electron chi connectivity index (χ4n) is 2.80. The number of benzene rings is 3. The van der Waals surface area contributed by atoms with Crippen molar-refractivity contribution in [2.75, 3.05) is 6.61 Å². The molecule has 0 unspecified atom stereocenters. The Labute approximate surface area is 184 Å². The molecule has 150 valence electrons. The largest absolute Gasteiger partial charge is 0.490 e. The van der Waals surface area contributed by atoms with E-state index in [0.29, 0.717) is 23.7 Å². The second kappa shape index (κ2) is 10.4. The molecule has 0 heterocycles. The lowest BCUT2D eigenvalue weighted by atomic mass is 10.1. The minimum atomic E-state index is -0.279. The van der Waals surface area contributed by atoms with Crippen molar-refractivity contribution in [3.8, 4) is 11.5 Å². The van der Waals surface area contributed by atoms with Crippen LogP contribution in [-0.4, -0.2) is 12.8 Å². The van der Waals surface area contributed by atoms with Crippen molar-refractivity contribution in [1.82, 2.24) is 0 Å². The zero-order chi connectivity index (χ0) is 20.6. The van der Waals surface area contributed by atoms with E-state index in [1.165, 1.54) is 11.6 Å². The smallest absolute Gasteiger partial charge is 0.175 e. The topological polar surface area (TPSA) is 30.8 Å². The minimum absolute atomic E-state index is 0.139. The predicted octanol–water partition coefficient (Wildman–Crippen LogP) is 6.72. The molecular formula is C24H23FINO2. The Morgan fingerprint density at radius 1 is 1.00 bits per heavy atom. The summed E-state index contributed by atoms with van der Waals surface area (Å²) in [7, 11) is 0. The van der Waals surface area contributed by atoms with Crippen molar-refractivity contribution in [2.45, 2.75) is 26.9 Å². The Balaban J connectivity index is 1.81. The number of ether oxygens (including phenoxy) is 2. The van der Waals surface area contributed by atoms with Gasteiger partial charge in [-0.2, -0.15) is 0 Å². The molecule has 0 radical (unpaired) electrons. The number of aliphatic imine (C=N–C) groups is 1. The van der Waals surface area contributed by atoms with Crippen molar-refractivity contribution in [3.05, 3.63) is 86.7 Å². The van der Waals surface area contributed by atoms with Crippen molar-refractivity contribution < 1.29 is 13.9 Å². The summed E-state index contributed by atoms with van der Waals surface area (Å²) < 4.78 is 26.5. The SMILES string of the molecule is CCOc1cc(C=Nc2ccc(CC)cc2)cc(I)c1OCc1ccccc1F. The van der Waals surface area contributed by atoms with Gasteiger partial charge in [-0.15, -0.1) is 0 Å². The van der Waals surface area contributed by atoms with Gasteiger partial charge in [-0.3, -0.25) is 4.99 Å². The summed E-state index contributed by atoms with van der Waals surface area (Å²) in [6.45, 7) is 4.69. The van der Waals surface area contributed by atoms with Crippen molar-refractivity contribution >= 4 is 34.5 Å². The van der Waals surface area contributed by atoms with E-state index in [1.807, 2.05) is 37.4 Å². The highest BCUT2D eigenvalue weighted by atomic mass is 127. The monoisotopic (exact) mass is 503 g/mol. The first-order valence-corrected chi connectivity index (χ1v) is 10.6.